The number of likely N-dealkylation sites (N-methyl/N-ethyl adjacent to an activating group) is 3. The van der Waals surface area contributed by atoms with E-state index in [4.69, 9.17) is 24.5 Å². The molecule has 28 nitrogen and oxygen atoms in total. The summed E-state index contributed by atoms with van der Waals surface area (Å²) in [5.41, 5.74) is 12.9. The number of aryl methyl sites for hydroxylation is 6. The number of alkyl halides is 6. The molecule has 3 aromatic heterocycles. The number of aromatic amines is 3. The quantitative estimate of drug-likeness (QED) is 0.0140. The van der Waals surface area contributed by atoms with Gasteiger partial charge in [-0.15, -0.1) is 0 Å². The van der Waals surface area contributed by atoms with E-state index in [2.05, 4.69) is 150 Å². The fourth-order valence-electron chi connectivity index (χ4n) is 13.5. The second-order valence-corrected chi connectivity index (χ2v) is 32.0. The number of H-pyrrole nitrogens is 3. The predicted octanol–water partition coefficient (Wildman–Crippen LogP) is 13.3. The summed E-state index contributed by atoms with van der Waals surface area (Å²) in [7, 11) is 0. The van der Waals surface area contributed by atoms with E-state index in [0.717, 1.165) is 145 Å². The molecule has 0 bridgehead atoms. The smallest absolute Gasteiger partial charge is 0.475 e. The van der Waals surface area contributed by atoms with E-state index in [-0.39, 0.29) is 78.1 Å². The molecule has 5 amide bonds. The zero-order chi connectivity index (χ0) is 91.6. The first-order valence-corrected chi connectivity index (χ1v) is 40.6. The van der Waals surface area contributed by atoms with Gasteiger partial charge < -0.3 is 80.4 Å². The lowest BCUT2D eigenvalue weighted by atomic mass is 10.0. The molecule has 0 spiro atoms. The Bertz CT molecular complexity index is 4940. The third kappa shape index (κ3) is 30.8. The Balaban J connectivity index is 0.000000337. The number of hydrogen-bond donors (Lipinski definition) is 9. The molecule has 3 aromatic carbocycles. The van der Waals surface area contributed by atoms with Gasteiger partial charge in [-0.3, -0.25) is 33.6 Å². The maximum Gasteiger partial charge on any atom is 0.490 e. The van der Waals surface area contributed by atoms with Crippen molar-refractivity contribution in [3.05, 3.63) is 221 Å². The largest absolute Gasteiger partial charge is 0.490 e. The first-order valence-electron chi connectivity index (χ1n) is 38.2. The minimum absolute atomic E-state index is 0.0547. The molecule has 3 atom stereocenters. The zero-order valence-electron chi connectivity index (χ0n) is 70.1. The van der Waals surface area contributed by atoms with Crippen LogP contribution in [0.4, 0.5) is 48.2 Å². The van der Waals surface area contributed by atoms with Gasteiger partial charge in [-0.05, 0) is 224 Å². The summed E-state index contributed by atoms with van der Waals surface area (Å²) in [6.07, 6.45) is -4.54. The third-order valence-corrected chi connectivity index (χ3v) is 20.7. The van der Waals surface area contributed by atoms with Crippen molar-refractivity contribution >= 4 is 118 Å². The van der Waals surface area contributed by atoms with Crippen LogP contribution in [-0.4, -0.2) is 184 Å². The first kappa shape index (κ1) is 103. The van der Waals surface area contributed by atoms with Gasteiger partial charge in [0.2, 0.25) is 5.91 Å². The number of anilines is 3. The number of nitrogens with one attached hydrogen (secondary N) is 7. The van der Waals surface area contributed by atoms with Crippen molar-refractivity contribution in [3.63, 3.8) is 0 Å². The van der Waals surface area contributed by atoms with Crippen LogP contribution in [0, 0.1) is 62.3 Å². The molecule has 6 aromatic rings. The van der Waals surface area contributed by atoms with Gasteiger partial charge in [0.15, 0.2) is 0 Å². The van der Waals surface area contributed by atoms with E-state index in [9.17, 15) is 74.3 Å². The van der Waals surface area contributed by atoms with Crippen LogP contribution in [0.1, 0.15) is 159 Å². The van der Waals surface area contributed by atoms with E-state index in [1.165, 1.54) is 6.08 Å². The van der Waals surface area contributed by atoms with Crippen LogP contribution in [0.5, 0.6) is 0 Å². The molecule has 121 heavy (non-hydrogen) atoms. The summed E-state index contributed by atoms with van der Waals surface area (Å²) in [4.78, 5) is 158. The number of aromatic nitrogens is 3. The minimum Gasteiger partial charge on any atom is -0.475 e. The molecular weight excluding hydrogens is 1790 g/mol. The average Bonchev–Trinajstić information content (AvgIpc) is 1.79. The second-order valence-electron chi connectivity index (χ2n) is 29.2. The van der Waals surface area contributed by atoms with Gasteiger partial charge in [0.1, 0.15) is 5.60 Å². The Labute approximate surface area is 722 Å². The molecule has 0 saturated carbocycles. The molecule has 660 valence electrons. The highest BCUT2D eigenvalue weighted by atomic mass is 79.9. The number of amides is 5. The summed E-state index contributed by atoms with van der Waals surface area (Å²) >= 11 is 10.7. The number of benzene rings is 3. The lowest BCUT2D eigenvalue weighted by molar-refractivity contribution is -0.193. The fraction of sp³-hybridized carbons (Fsp3) is 0.429. The molecule has 0 radical (unpaired) electrons. The normalized spacial score (nSPS) is 14.6. The molecule has 3 aliphatic heterocycles. The number of hydrogen-bond acceptors (Lipinski definition) is 18. The first-order chi connectivity index (χ1) is 56.4. The van der Waals surface area contributed by atoms with Crippen LogP contribution in [-0.2, 0) is 53.1 Å². The number of ether oxygens (including phenoxy) is 2. The standard InChI is InChI=1S/C27H37BrN4O4.C25H31BrN4O3.C22H29BrN4O2.C6H6O3.2C2HF3O2/c1-8-32(20-9-10-31(15-20)26(35)36-27(5,6)7)23-13-19(28)12-21(18(23)4)24(33)29-14-22-16(2)11-17(3)30-25(22)34;1-6-23(31)29-9-8-19(14-29)30(7-2)22-12-18(26)11-20(17(22)5)24(32)27-13-21-15(3)10-16(4)28-25(21)33;1-5-27(17-6-7-24-11-17)20-10-16(23)9-18(15(20)4)21(28)25-12-19-13(2)8-14(3)26-22(19)29;1-3-5(7)9-6(8)4-2;2*3-2(4,5)1(6)7/h11-13,20H,8-10,14-15H2,1-7H3,(H,29,33)(H,30,34);6,10-12,19H,1,7-9,13-14H2,2-5H3,(H,27,32)(H,28,33);8-10,17,24H,5-7,11-12H2,1-4H3,(H,25,28)(H,26,29);3-4H,1-2H2;2*(H,6,7). The molecule has 6 heterocycles. The molecule has 3 fully saturated rings. The second kappa shape index (κ2) is 46.4. The Morgan fingerprint density at radius 2 is 0.802 bits per heavy atom. The van der Waals surface area contributed by atoms with Crippen molar-refractivity contribution in [3.8, 4) is 0 Å². The molecule has 0 aliphatic carbocycles. The van der Waals surface area contributed by atoms with Gasteiger partial charge in [-0.25, -0.2) is 24.0 Å². The molecule has 9 rings (SSSR count). The van der Waals surface area contributed by atoms with E-state index < -0.39 is 41.8 Å². The van der Waals surface area contributed by atoms with Crippen molar-refractivity contribution in [2.45, 2.75) is 179 Å². The third-order valence-electron chi connectivity index (χ3n) is 19.3. The molecule has 3 aliphatic rings. The number of carbonyl (C=O) groups excluding carboxylic acids is 7. The summed E-state index contributed by atoms with van der Waals surface area (Å²) in [6, 6.07) is 18.0. The number of likely N-dealkylation sites (tertiary alicyclic amines) is 2. The number of rotatable bonds is 21. The number of carbonyl (C=O) groups is 9. The van der Waals surface area contributed by atoms with Crippen molar-refractivity contribution in [1.29, 1.82) is 0 Å². The number of carboxylic acids is 2. The average molecular weight is 1890 g/mol. The summed E-state index contributed by atoms with van der Waals surface area (Å²) in [5.74, 6) is -7.75. The summed E-state index contributed by atoms with van der Waals surface area (Å²) in [5, 5.41) is 26.4. The SMILES string of the molecule is C=CC(=O)N1CCC(N(CC)c2cc(Br)cc(C(=O)NCc3c(C)cc(C)[nH]c3=O)c2C)C1.C=CC(=O)OC(=O)C=C.CCN(c1cc(Br)cc(C(=O)NCc2c(C)cc(C)[nH]c2=O)c1C)C1CCN(C(=O)OC(C)(C)C)C1.CCN(c1cc(Br)cc(C(=O)NCc2c(C)cc(C)[nH]c2=O)c1C)C1CCNC1.O=C(O)C(F)(F)F.O=C(O)C(F)(F)F. The van der Waals surface area contributed by atoms with E-state index >= 15 is 0 Å². The molecule has 9 N–H and O–H groups in total. The van der Waals surface area contributed by atoms with Gasteiger partial charge in [-0.2, -0.15) is 26.3 Å². The summed E-state index contributed by atoms with van der Waals surface area (Å²) < 4.78 is 75.5. The Hall–Kier alpha value is -10.7. The molecule has 37 heteroatoms. The van der Waals surface area contributed by atoms with E-state index in [0.29, 0.717) is 65.6 Å². The zero-order valence-corrected chi connectivity index (χ0v) is 74.9. The lowest BCUT2D eigenvalue weighted by Gasteiger charge is -2.32. The highest BCUT2D eigenvalue weighted by Gasteiger charge is 2.40. The van der Waals surface area contributed by atoms with E-state index in [1.807, 2.05) is 124 Å². The Morgan fingerprint density at radius 3 is 1.07 bits per heavy atom. The Morgan fingerprint density at radius 1 is 0.496 bits per heavy atom. The van der Waals surface area contributed by atoms with Crippen molar-refractivity contribution in [2.75, 3.05) is 73.6 Å². The maximum atomic E-state index is 13.2. The van der Waals surface area contributed by atoms with Crippen LogP contribution in [0.15, 0.2) is 120 Å². The lowest BCUT2D eigenvalue weighted by Crippen LogP contribution is -2.41. The summed E-state index contributed by atoms with van der Waals surface area (Å²) in [6.45, 7) is 46.0. The van der Waals surface area contributed by atoms with E-state index in [1.54, 1.807) is 17.0 Å². The fourth-order valence-corrected chi connectivity index (χ4v) is 14.8. The van der Waals surface area contributed by atoms with Gasteiger partial charge >= 0.3 is 42.3 Å². The van der Waals surface area contributed by atoms with Crippen molar-refractivity contribution in [1.82, 2.24) is 46.0 Å². The monoisotopic (exact) mass is 1890 g/mol. The predicted molar refractivity (Wildman–Crippen MR) is 460 cm³/mol. The molecule has 3 saturated heterocycles. The topological polar surface area (TPSA) is 375 Å². The number of halogens is 9. The maximum absolute atomic E-state index is 13.2. The highest BCUT2D eigenvalue weighted by Crippen LogP contribution is 2.36. The van der Waals surface area contributed by atoms with Crippen LogP contribution in [0.3, 0.4) is 0 Å². The van der Waals surface area contributed by atoms with Crippen LogP contribution < -0.4 is 52.6 Å². The molecule has 3 unspecified atom stereocenters. The number of aliphatic carboxylic acids is 2. The Kier molecular flexibility index (Phi) is 39.4. The molecular formula is C84H105Br3F6N12O16. The van der Waals surface area contributed by atoms with Gasteiger partial charge in [0.05, 0.1) is 0 Å². The van der Waals surface area contributed by atoms with Gasteiger partial charge in [0, 0.05) is 183 Å². The number of nitrogens with zero attached hydrogens (tertiary/aromatic N) is 5. The van der Waals surface area contributed by atoms with Crippen LogP contribution in [0.2, 0.25) is 0 Å². The van der Waals surface area contributed by atoms with Crippen molar-refractivity contribution in [2.24, 2.45) is 0 Å². The number of carboxylic acid groups (broad SMARTS) is 2. The highest BCUT2D eigenvalue weighted by molar-refractivity contribution is 9.11. The van der Waals surface area contributed by atoms with Crippen molar-refractivity contribution < 1.29 is 89.2 Å². The van der Waals surface area contributed by atoms with Crippen LogP contribution in [0.25, 0.3) is 0 Å². The van der Waals surface area contributed by atoms with Crippen LogP contribution >= 0.6 is 47.8 Å². The number of esters is 2. The minimum atomic E-state index is -5.08. The van der Waals surface area contributed by atoms with Gasteiger partial charge in [-0.1, -0.05) is 67.5 Å². The van der Waals surface area contributed by atoms with Gasteiger partial charge in [0.25, 0.3) is 34.4 Å². The number of pyridine rings is 3.